The van der Waals surface area contributed by atoms with Crippen LogP contribution in [0.15, 0.2) is 0 Å². The monoisotopic (exact) mass is 148 g/mol. The van der Waals surface area contributed by atoms with Gasteiger partial charge >= 0.3 is 0 Å². The van der Waals surface area contributed by atoms with Crippen molar-refractivity contribution in [3.63, 3.8) is 0 Å². The summed E-state index contributed by atoms with van der Waals surface area (Å²) in [5.74, 6) is 0. The van der Waals surface area contributed by atoms with Crippen LogP contribution in [-0.4, -0.2) is 42.4 Å². The third-order valence-electron chi connectivity index (χ3n) is 1.52. The quantitative estimate of drug-likeness (QED) is 0.533. The summed E-state index contributed by atoms with van der Waals surface area (Å²) in [6.45, 7) is 0.425. The van der Waals surface area contributed by atoms with Gasteiger partial charge in [-0.1, -0.05) is 0 Å². The van der Waals surface area contributed by atoms with Crippen LogP contribution in [0.25, 0.3) is 0 Å². The minimum atomic E-state index is -1.03. The van der Waals surface area contributed by atoms with Gasteiger partial charge in [0, 0.05) is 13.5 Å². The highest BCUT2D eigenvalue weighted by atomic mass is 16.6. The van der Waals surface area contributed by atoms with E-state index in [0.717, 1.165) is 0 Å². The predicted molar refractivity (Wildman–Crippen MR) is 33.4 cm³/mol. The van der Waals surface area contributed by atoms with Crippen molar-refractivity contribution in [2.45, 2.75) is 24.9 Å². The Hall–Kier alpha value is -0.160. The minimum absolute atomic E-state index is 0.157. The second-order valence-corrected chi connectivity index (χ2v) is 2.41. The summed E-state index contributed by atoms with van der Waals surface area (Å²) in [6.07, 6.45) is -1.48. The van der Waals surface area contributed by atoms with E-state index in [1.165, 1.54) is 0 Å². The molecule has 2 N–H and O–H groups in total. The standard InChI is InChI=1S/C6H12O4/c1-9-3-4-2-5(7)6(8)10-4/h4-8H,2-3H2,1H3/t4-,5?,6+/m0/s1. The van der Waals surface area contributed by atoms with Gasteiger partial charge in [-0.2, -0.15) is 0 Å². The topological polar surface area (TPSA) is 58.9 Å². The van der Waals surface area contributed by atoms with Crippen molar-refractivity contribution in [1.82, 2.24) is 0 Å². The fraction of sp³-hybridized carbons (Fsp3) is 1.00. The van der Waals surface area contributed by atoms with Gasteiger partial charge in [-0.3, -0.25) is 0 Å². The molecule has 3 atom stereocenters. The Labute approximate surface area is 59.4 Å². The molecule has 10 heavy (non-hydrogen) atoms. The molecule has 1 unspecified atom stereocenters. The van der Waals surface area contributed by atoms with Crippen LogP contribution in [0, 0.1) is 0 Å². The number of hydrogen-bond donors (Lipinski definition) is 2. The maximum absolute atomic E-state index is 8.96. The molecule has 4 heteroatoms. The van der Waals surface area contributed by atoms with Crippen molar-refractivity contribution in [3.05, 3.63) is 0 Å². The van der Waals surface area contributed by atoms with E-state index in [-0.39, 0.29) is 6.10 Å². The Morgan fingerprint density at radius 1 is 1.60 bits per heavy atom. The van der Waals surface area contributed by atoms with Gasteiger partial charge in [-0.05, 0) is 0 Å². The highest BCUT2D eigenvalue weighted by Gasteiger charge is 2.31. The van der Waals surface area contributed by atoms with Gasteiger partial charge in [0.1, 0.15) is 6.10 Å². The fourth-order valence-corrected chi connectivity index (χ4v) is 1.02. The molecule has 0 aliphatic carbocycles. The van der Waals surface area contributed by atoms with Crippen molar-refractivity contribution in [3.8, 4) is 0 Å². The average molecular weight is 148 g/mol. The highest BCUT2D eigenvalue weighted by molar-refractivity contribution is 4.74. The number of rotatable bonds is 2. The van der Waals surface area contributed by atoms with Crippen LogP contribution in [0.5, 0.6) is 0 Å². The third kappa shape index (κ3) is 1.67. The number of aliphatic hydroxyl groups is 2. The van der Waals surface area contributed by atoms with E-state index in [4.69, 9.17) is 19.7 Å². The van der Waals surface area contributed by atoms with Gasteiger partial charge in [0.05, 0.1) is 12.7 Å². The molecular formula is C6H12O4. The Morgan fingerprint density at radius 2 is 2.30 bits per heavy atom. The minimum Gasteiger partial charge on any atom is -0.388 e. The lowest BCUT2D eigenvalue weighted by Gasteiger charge is -2.07. The highest BCUT2D eigenvalue weighted by Crippen LogP contribution is 2.18. The van der Waals surface area contributed by atoms with Crippen LogP contribution in [-0.2, 0) is 9.47 Å². The van der Waals surface area contributed by atoms with Crippen LogP contribution in [0.2, 0.25) is 0 Å². The first-order valence-electron chi connectivity index (χ1n) is 3.24. The van der Waals surface area contributed by atoms with E-state index in [1.54, 1.807) is 7.11 Å². The van der Waals surface area contributed by atoms with Gasteiger partial charge in [0.15, 0.2) is 6.29 Å². The predicted octanol–water partition coefficient (Wildman–Crippen LogP) is -0.899. The molecule has 4 nitrogen and oxygen atoms in total. The van der Waals surface area contributed by atoms with Crippen LogP contribution in [0.1, 0.15) is 6.42 Å². The molecule has 0 aromatic heterocycles. The van der Waals surface area contributed by atoms with Crippen LogP contribution >= 0.6 is 0 Å². The third-order valence-corrected chi connectivity index (χ3v) is 1.52. The molecule has 0 bridgehead atoms. The second kappa shape index (κ2) is 3.30. The zero-order chi connectivity index (χ0) is 7.56. The lowest BCUT2D eigenvalue weighted by Crippen LogP contribution is -2.19. The summed E-state index contributed by atoms with van der Waals surface area (Å²) in [5, 5.41) is 17.8. The molecule has 0 amide bonds. The summed E-state index contributed by atoms with van der Waals surface area (Å²) in [6, 6.07) is 0. The van der Waals surface area contributed by atoms with E-state index in [9.17, 15) is 0 Å². The zero-order valence-corrected chi connectivity index (χ0v) is 5.86. The SMILES string of the molecule is COC[C@@H]1CC(O)[C@H](O)O1. The summed E-state index contributed by atoms with van der Waals surface area (Å²) in [4.78, 5) is 0. The second-order valence-electron chi connectivity index (χ2n) is 2.41. The van der Waals surface area contributed by atoms with Crippen LogP contribution in [0.4, 0.5) is 0 Å². The van der Waals surface area contributed by atoms with Gasteiger partial charge in [0.2, 0.25) is 0 Å². The molecule has 1 rings (SSSR count). The number of ether oxygens (including phenoxy) is 2. The molecule has 0 aromatic carbocycles. The first-order chi connectivity index (χ1) is 4.74. The number of aliphatic hydroxyl groups excluding tert-OH is 2. The average Bonchev–Trinajstić information content (AvgIpc) is 2.14. The molecule has 60 valence electrons. The molecular weight excluding hydrogens is 136 g/mol. The molecule has 0 spiro atoms. The Kier molecular flexibility index (Phi) is 2.62. The summed E-state index contributed by atoms with van der Waals surface area (Å²) in [7, 11) is 1.56. The number of methoxy groups -OCH3 is 1. The van der Waals surface area contributed by atoms with Crippen molar-refractivity contribution in [1.29, 1.82) is 0 Å². The van der Waals surface area contributed by atoms with Gasteiger partial charge in [-0.15, -0.1) is 0 Å². The van der Waals surface area contributed by atoms with E-state index in [0.29, 0.717) is 13.0 Å². The molecule has 0 radical (unpaired) electrons. The Balaban J connectivity index is 2.27. The molecule has 0 saturated carbocycles. The van der Waals surface area contributed by atoms with Gasteiger partial charge < -0.3 is 19.7 Å². The van der Waals surface area contributed by atoms with Crippen molar-refractivity contribution < 1.29 is 19.7 Å². The molecule has 1 heterocycles. The summed E-state index contributed by atoms with van der Waals surface area (Å²) < 4.78 is 9.67. The van der Waals surface area contributed by atoms with Crippen LogP contribution < -0.4 is 0 Å². The Bertz CT molecular complexity index is 95.9. The maximum atomic E-state index is 8.96. The molecule has 1 aliphatic rings. The van der Waals surface area contributed by atoms with Gasteiger partial charge in [0.25, 0.3) is 0 Å². The van der Waals surface area contributed by atoms with E-state index in [1.807, 2.05) is 0 Å². The van der Waals surface area contributed by atoms with Crippen molar-refractivity contribution >= 4 is 0 Å². The molecule has 1 saturated heterocycles. The largest absolute Gasteiger partial charge is 0.388 e. The molecule has 1 fully saturated rings. The van der Waals surface area contributed by atoms with Crippen molar-refractivity contribution in [2.75, 3.05) is 13.7 Å². The van der Waals surface area contributed by atoms with Crippen LogP contribution in [0.3, 0.4) is 0 Å². The smallest absolute Gasteiger partial charge is 0.181 e. The van der Waals surface area contributed by atoms with Crippen molar-refractivity contribution in [2.24, 2.45) is 0 Å². The van der Waals surface area contributed by atoms with E-state index >= 15 is 0 Å². The van der Waals surface area contributed by atoms with E-state index < -0.39 is 12.4 Å². The maximum Gasteiger partial charge on any atom is 0.181 e. The summed E-state index contributed by atoms with van der Waals surface area (Å²) in [5.41, 5.74) is 0. The lowest BCUT2D eigenvalue weighted by molar-refractivity contribution is -0.134. The normalized spacial score (nSPS) is 40.5. The zero-order valence-electron chi connectivity index (χ0n) is 5.86. The Morgan fingerprint density at radius 3 is 2.70 bits per heavy atom. The lowest BCUT2D eigenvalue weighted by atomic mass is 10.2. The molecule has 0 aromatic rings. The fourth-order valence-electron chi connectivity index (χ4n) is 1.02. The first kappa shape index (κ1) is 7.94. The van der Waals surface area contributed by atoms with E-state index in [2.05, 4.69) is 0 Å². The molecule has 1 aliphatic heterocycles. The summed E-state index contributed by atoms with van der Waals surface area (Å²) >= 11 is 0. The first-order valence-corrected chi connectivity index (χ1v) is 3.24. The van der Waals surface area contributed by atoms with Gasteiger partial charge in [-0.25, -0.2) is 0 Å². The number of hydrogen-bond acceptors (Lipinski definition) is 4.